The van der Waals surface area contributed by atoms with E-state index in [1.807, 2.05) is 0 Å². The SMILES string of the molecule is c1ccc2c(-c3ccc(-c4c5ccccc5c(-c5ccc6c(c5)oc5c(-c7c8ccccc8c(-c8ccc(-c9cccc%10ccccc9%10)cc8)c8ccccc78)cccc56)c5ccccc45)cc3)cccc2c1. The van der Waals surface area contributed by atoms with Gasteiger partial charge in [0.05, 0.1) is 0 Å². The zero-order chi connectivity index (χ0) is 48.0. The Balaban J connectivity index is 0.869. The highest BCUT2D eigenvalue weighted by Gasteiger charge is 2.22. The number of hydrogen-bond acceptors (Lipinski definition) is 1. The van der Waals surface area contributed by atoms with Crippen molar-refractivity contribution in [3.05, 3.63) is 267 Å². The molecule has 1 nitrogen and oxygen atoms in total. The molecule has 0 atom stereocenters. The van der Waals surface area contributed by atoms with Crippen molar-refractivity contribution in [2.75, 3.05) is 0 Å². The number of rotatable bonds is 6. The van der Waals surface area contributed by atoms with Crippen LogP contribution in [0.15, 0.2) is 271 Å². The van der Waals surface area contributed by atoms with Gasteiger partial charge in [-0.1, -0.05) is 255 Å². The lowest BCUT2D eigenvalue weighted by Crippen LogP contribution is -1.91. The maximum Gasteiger partial charge on any atom is 0.143 e. The summed E-state index contributed by atoms with van der Waals surface area (Å²) in [6, 6.07) is 97.8. The molecule has 15 rings (SSSR count). The van der Waals surface area contributed by atoms with Gasteiger partial charge < -0.3 is 4.42 Å². The quantitative estimate of drug-likeness (QED) is 0.151. The maximum absolute atomic E-state index is 7.19. The van der Waals surface area contributed by atoms with Crippen molar-refractivity contribution >= 4 is 86.6 Å². The summed E-state index contributed by atoms with van der Waals surface area (Å²) in [6.07, 6.45) is 0. The second-order valence-electron chi connectivity index (χ2n) is 19.4. The first-order valence-corrected chi connectivity index (χ1v) is 25.2. The van der Waals surface area contributed by atoms with Gasteiger partial charge in [-0.25, -0.2) is 0 Å². The zero-order valence-electron chi connectivity index (χ0n) is 39.8. The van der Waals surface area contributed by atoms with E-state index in [9.17, 15) is 0 Å². The van der Waals surface area contributed by atoms with Crippen LogP contribution in [0.5, 0.6) is 0 Å². The van der Waals surface area contributed by atoms with Crippen molar-refractivity contribution < 1.29 is 4.42 Å². The normalized spacial score (nSPS) is 11.8. The van der Waals surface area contributed by atoms with Crippen molar-refractivity contribution in [1.82, 2.24) is 0 Å². The third-order valence-electron chi connectivity index (χ3n) is 15.5. The van der Waals surface area contributed by atoms with Crippen LogP contribution in [0.1, 0.15) is 0 Å². The molecule has 1 aromatic heterocycles. The van der Waals surface area contributed by atoms with Crippen LogP contribution in [0, 0.1) is 0 Å². The summed E-state index contributed by atoms with van der Waals surface area (Å²) in [5.74, 6) is 0. The lowest BCUT2D eigenvalue weighted by atomic mass is 9.85. The van der Waals surface area contributed by atoms with Gasteiger partial charge in [0, 0.05) is 21.9 Å². The minimum absolute atomic E-state index is 0.873. The fourth-order valence-corrected chi connectivity index (χ4v) is 12.2. The fraction of sp³-hybridized carbons (Fsp3) is 0. The summed E-state index contributed by atoms with van der Waals surface area (Å²) in [4.78, 5) is 0. The molecular weight excluding hydrogens is 881 g/mol. The van der Waals surface area contributed by atoms with Gasteiger partial charge in [-0.2, -0.15) is 0 Å². The van der Waals surface area contributed by atoms with E-state index in [-0.39, 0.29) is 0 Å². The molecular formula is C72H44O. The Kier molecular flexibility index (Phi) is 9.33. The molecule has 0 aliphatic carbocycles. The molecule has 0 N–H and O–H groups in total. The minimum atomic E-state index is 0.873. The lowest BCUT2D eigenvalue weighted by molar-refractivity contribution is 0.670. The summed E-state index contributed by atoms with van der Waals surface area (Å²) in [5, 5.41) is 17.0. The van der Waals surface area contributed by atoms with Crippen LogP contribution in [-0.4, -0.2) is 0 Å². The molecule has 0 fully saturated rings. The molecule has 73 heavy (non-hydrogen) atoms. The number of hydrogen-bond donors (Lipinski definition) is 0. The molecule has 1 heterocycles. The van der Waals surface area contributed by atoms with Gasteiger partial charge in [0.25, 0.3) is 0 Å². The molecule has 338 valence electrons. The van der Waals surface area contributed by atoms with Crippen molar-refractivity contribution in [3.63, 3.8) is 0 Å². The second kappa shape index (κ2) is 16.5. The molecule has 15 aromatic rings. The molecule has 0 aliphatic heterocycles. The summed E-state index contributed by atoms with van der Waals surface area (Å²) < 4.78 is 7.19. The largest absolute Gasteiger partial charge is 0.455 e. The summed E-state index contributed by atoms with van der Waals surface area (Å²) >= 11 is 0. The van der Waals surface area contributed by atoms with Crippen LogP contribution in [0.4, 0.5) is 0 Å². The van der Waals surface area contributed by atoms with Gasteiger partial charge >= 0.3 is 0 Å². The highest BCUT2D eigenvalue weighted by molar-refractivity contribution is 6.25. The first kappa shape index (κ1) is 41.2. The molecule has 0 aliphatic rings. The summed E-state index contributed by atoms with van der Waals surface area (Å²) in [5.41, 5.74) is 16.2. The highest BCUT2D eigenvalue weighted by atomic mass is 16.3. The fourth-order valence-electron chi connectivity index (χ4n) is 12.2. The van der Waals surface area contributed by atoms with Crippen molar-refractivity contribution in [2.45, 2.75) is 0 Å². The van der Waals surface area contributed by atoms with Crippen molar-refractivity contribution in [1.29, 1.82) is 0 Å². The van der Waals surface area contributed by atoms with Crippen LogP contribution in [0.2, 0.25) is 0 Å². The first-order valence-electron chi connectivity index (χ1n) is 25.2. The third-order valence-corrected chi connectivity index (χ3v) is 15.5. The topological polar surface area (TPSA) is 13.1 Å². The van der Waals surface area contributed by atoms with Gasteiger partial charge in [-0.05, 0) is 132 Å². The predicted octanol–water partition coefficient (Wildman–Crippen LogP) is 20.5. The van der Waals surface area contributed by atoms with E-state index in [0.29, 0.717) is 0 Å². The number of benzene rings is 14. The Morgan fingerprint density at radius 1 is 0.192 bits per heavy atom. The van der Waals surface area contributed by atoms with Gasteiger partial charge in [-0.15, -0.1) is 0 Å². The highest BCUT2D eigenvalue weighted by Crippen LogP contribution is 2.49. The molecule has 0 saturated heterocycles. The van der Waals surface area contributed by atoms with E-state index >= 15 is 0 Å². The van der Waals surface area contributed by atoms with Crippen LogP contribution in [0.3, 0.4) is 0 Å². The molecule has 0 saturated carbocycles. The second-order valence-corrected chi connectivity index (χ2v) is 19.4. The Labute approximate surface area is 422 Å². The van der Waals surface area contributed by atoms with Gasteiger partial charge in [0.2, 0.25) is 0 Å². The molecule has 1 heteroatoms. The first-order chi connectivity index (χ1) is 36.2. The molecule has 14 aromatic carbocycles. The van der Waals surface area contributed by atoms with E-state index in [1.54, 1.807) is 0 Å². The zero-order valence-corrected chi connectivity index (χ0v) is 39.8. The summed E-state index contributed by atoms with van der Waals surface area (Å²) in [6.45, 7) is 0. The van der Waals surface area contributed by atoms with E-state index in [0.717, 1.165) is 33.1 Å². The van der Waals surface area contributed by atoms with E-state index in [1.165, 1.54) is 120 Å². The maximum atomic E-state index is 7.19. The standard InChI is InChI=1S/C72H44O/c1-3-20-52-45(16-1)18-13-30-54(52)47-34-38-49(39-35-47)68-57-22-5-7-24-59(57)70(60-25-8-6-23-58(60)68)51-42-43-56-65-32-15-33-66(72(65)73-67(56)44-51)71-63-28-11-9-26-61(63)69(62-27-10-12-29-64(62)71)50-40-36-48(37-41-50)55-31-14-19-46-17-2-4-21-53(46)55/h1-44H. The molecule has 0 spiro atoms. The van der Waals surface area contributed by atoms with Crippen molar-refractivity contribution in [3.8, 4) is 66.8 Å². The van der Waals surface area contributed by atoms with Crippen LogP contribution in [0.25, 0.3) is 153 Å². The van der Waals surface area contributed by atoms with Gasteiger partial charge in [-0.3, -0.25) is 0 Å². The third kappa shape index (κ3) is 6.49. The average Bonchev–Trinajstić information content (AvgIpc) is 3.84. The molecule has 0 radical (unpaired) electrons. The smallest absolute Gasteiger partial charge is 0.143 e. The van der Waals surface area contributed by atoms with Crippen LogP contribution in [-0.2, 0) is 0 Å². The molecule has 0 bridgehead atoms. The predicted molar refractivity (Wildman–Crippen MR) is 311 cm³/mol. The van der Waals surface area contributed by atoms with Crippen LogP contribution >= 0.6 is 0 Å². The monoisotopic (exact) mass is 924 g/mol. The minimum Gasteiger partial charge on any atom is -0.455 e. The Morgan fingerprint density at radius 3 is 0.959 bits per heavy atom. The lowest BCUT2D eigenvalue weighted by Gasteiger charge is -2.18. The molecule has 0 unspecified atom stereocenters. The van der Waals surface area contributed by atoms with E-state index < -0.39 is 0 Å². The number of fused-ring (bicyclic) bond motifs is 9. The van der Waals surface area contributed by atoms with Crippen molar-refractivity contribution in [2.24, 2.45) is 0 Å². The Morgan fingerprint density at radius 2 is 0.507 bits per heavy atom. The number of furan rings is 1. The van der Waals surface area contributed by atoms with E-state index in [2.05, 4.69) is 267 Å². The Bertz CT molecular complexity index is 4580. The van der Waals surface area contributed by atoms with Gasteiger partial charge in [0.1, 0.15) is 11.2 Å². The summed E-state index contributed by atoms with van der Waals surface area (Å²) in [7, 11) is 0. The molecule has 0 amide bonds. The van der Waals surface area contributed by atoms with E-state index in [4.69, 9.17) is 4.42 Å². The number of para-hydroxylation sites is 1. The van der Waals surface area contributed by atoms with Crippen LogP contribution < -0.4 is 0 Å². The Hall–Kier alpha value is -9.56. The average molecular weight is 925 g/mol. The van der Waals surface area contributed by atoms with Gasteiger partial charge in [0.15, 0.2) is 0 Å².